The summed E-state index contributed by atoms with van der Waals surface area (Å²) in [5.74, 6) is 0.257. The van der Waals surface area contributed by atoms with E-state index in [4.69, 9.17) is 0 Å². The van der Waals surface area contributed by atoms with Crippen LogP contribution in [0.5, 0.6) is 0 Å². The van der Waals surface area contributed by atoms with Crippen molar-refractivity contribution in [3.05, 3.63) is 30.5 Å². The van der Waals surface area contributed by atoms with E-state index >= 15 is 0 Å². The van der Waals surface area contributed by atoms with Gasteiger partial charge in [0.15, 0.2) is 0 Å². The first kappa shape index (κ1) is 14.9. The average Bonchev–Trinajstić information content (AvgIpc) is 2.88. The Kier molecular flexibility index (Phi) is 4.68. The highest BCUT2D eigenvalue weighted by molar-refractivity contribution is 6.02. The van der Waals surface area contributed by atoms with Crippen LogP contribution in [0.4, 0.5) is 5.69 Å². The van der Waals surface area contributed by atoms with E-state index in [-0.39, 0.29) is 24.2 Å². The number of H-pyrrole nitrogens is 1. The van der Waals surface area contributed by atoms with E-state index in [2.05, 4.69) is 22.5 Å². The molecule has 1 amide bonds. The van der Waals surface area contributed by atoms with Crippen molar-refractivity contribution < 1.29 is 4.79 Å². The molecule has 3 N–H and O–H groups in total. The topological polar surface area (TPSA) is 56.9 Å². The second-order valence-electron chi connectivity index (χ2n) is 5.31. The van der Waals surface area contributed by atoms with E-state index in [1.807, 2.05) is 30.5 Å². The Morgan fingerprint density at radius 2 is 2.20 bits per heavy atom. The summed E-state index contributed by atoms with van der Waals surface area (Å²) < 4.78 is 0. The molecule has 0 aliphatic carbocycles. The molecule has 108 valence electrons. The smallest absolute Gasteiger partial charge is 0.227 e. The van der Waals surface area contributed by atoms with Crippen LogP contribution >= 0.6 is 12.4 Å². The lowest BCUT2D eigenvalue weighted by Crippen LogP contribution is -2.40. The third-order valence-corrected chi connectivity index (χ3v) is 3.85. The number of piperidine rings is 1. The number of hydrogen-bond donors (Lipinski definition) is 3. The molecule has 2 aromatic rings. The number of carbonyl (C=O) groups is 1. The largest absolute Gasteiger partial charge is 0.361 e. The first-order chi connectivity index (χ1) is 9.24. The molecule has 1 aromatic carbocycles. The van der Waals surface area contributed by atoms with Crippen molar-refractivity contribution in [1.29, 1.82) is 0 Å². The van der Waals surface area contributed by atoms with Gasteiger partial charge >= 0.3 is 0 Å². The number of rotatable bonds is 2. The monoisotopic (exact) mass is 293 g/mol. The van der Waals surface area contributed by atoms with Crippen LogP contribution in [-0.4, -0.2) is 23.5 Å². The third kappa shape index (κ3) is 2.97. The molecule has 5 heteroatoms. The molecule has 2 heterocycles. The van der Waals surface area contributed by atoms with Gasteiger partial charge in [-0.25, -0.2) is 0 Å². The molecule has 0 saturated carbocycles. The number of halogens is 1. The van der Waals surface area contributed by atoms with Crippen LogP contribution in [0, 0.1) is 5.92 Å². The second-order valence-corrected chi connectivity index (χ2v) is 5.31. The quantitative estimate of drug-likeness (QED) is 0.797. The van der Waals surface area contributed by atoms with Gasteiger partial charge in [0.2, 0.25) is 5.91 Å². The standard InChI is InChI=1S/C15H19N3O.ClH/c1-10-9-11(5-7-16-10)15(19)18-14-4-2-3-13-12(14)6-8-17-13;/h2-4,6,8,10-11,16-17H,5,7,9H2,1H3,(H,18,19);1H/t10-,11-;/m0./s1. The fourth-order valence-electron chi connectivity index (χ4n) is 2.80. The van der Waals surface area contributed by atoms with E-state index in [0.29, 0.717) is 6.04 Å². The van der Waals surface area contributed by atoms with Crippen molar-refractivity contribution in [3.8, 4) is 0 Å². The van der Waals surface area contributed by atoms with E-state index in [9.17, 15) is 4.79 Å². The van der Waals surface area contributed by atoms with Gasteiger partial charge in [-0.3, -0.25) is 4.79 Å². The molecule has 20 heavy (non-hydrogen) atoms. The van der Waals surface area contributed by atoms with Crippen LogP contribution in [0.1, 0.15) is 19.8 Å². The number of fused-ring (bicyclic) bond motifs is 1. The van der Waals surface area contributed by atoms with Crippen molar-refractivity contribution >= 4 is 34.9 Å². The van der Waals surface area contributed by atoms with E-state index in [1.54, 1.807) is 0 Å². The molecule has 1 aliphatic heterocycles. The van der Waals surface area contributed by atoms with Gasteiger partial charge in [0.1, 0.15) is 0 Å². The molecule has 3 rings (SSSR count). The first-order valence-electron chi connectivity index (χ1n) is 6.84. The molecule has 4 nitrogen and oxygen atoms in total. The Morgan fingerprint density at radius 1 is 1.35 bits per heavy atom. The number of aromatic amines is 1. The van der Waals surface area contributed by atoms with Crippen molar-refractivity contribution in [2.75, 3.05) is 11.9 Å². The molecule has 2 atom stereocenters. The number of amides is 1. The van der Waals surface area contributed by atoms with Crippen molar-refractivity contribution in [1.82, 2.24) is 10.3 Å². The Balaban J connectivity index is 0.00000147. The van der Waals surface area contributed by atoms with Crippen LogP contribution in [0.2, 0.25) is 0 Å². The van der Waals surface area contributed by atoms with Gasteiger partial charge in [0, 0.05) is 29.1 Å². The zero-order valence-electron chi connectivity index (χ0n) is 11.5. The van der Waals surface area contributed by atoms with E-state index in [0.717, 1.165) is 36.0 Å². The van der Waals surface area contributed by atoms with Gasteiger partial charge in [-0.15, -0.1) is 12.4 Å². The first-order valence-corrected chi connectivity index (χ1v) is 6.84. The van der Waals surface area contributed by atoms with Gasteiger partial charge < -0.3 is 15.6 Å². The summed E-state index contributed by atoms with van der Waals surface area (Å²) in [5, 5.41) is 7.51. The summed E-state index contributed by atoms with van der Waals surface area (Å²) >= 11 is 0. The molecule has 0 spiro atoms. The van der Waals surface area contributed by atoms with Gasteiger partial charge in [0.25, 0.3) is 0 Å². The third-order valence-electron chi connectivity index (χ3n) is 3.85. The predicted molar refractivity (Wildman–Crippen MR) is 84.4 cm³/mol. The van der Waals surface area contributed by atoms with Crippen LogP contribution in [0.15, 0.2) is 30.5 Å². The minimum absolute atomic E-state index is 0. The van der Waals surface area contributed by atoms with Crippen molar-refractivity contribution in [2.24, 2.45) is 5.92 Å². The Hall–Kier alpha value is -1.52. The molecule has 0 unspecified atom stereocenters. The maximum absolute atomic E-state index is 12.3. The minimum atomic E-state index is 0. The average molecular weight is 294 g/mol. The Morgan fingerprint density at radius 3 is 3.00 bits per heavy atom. The lowest BCUT2D eigenvalue weighted by atomic mass is 9.92. The Labute approximate surface area is 124 Å². The molecular weight excluding hydrogens is 274 g/mol. The minimum Gasteiger partial charge on any atom is -0.361 e. The Bertz CT molecular complexity index is 596. The van der Waals surface area contributed by atoms with Crippen molar-refractivity contribution in [2.45, 2.75) is 25.8 Å². The number of carbonyl (C=O) groups excluding carboxylic acids is 1. The fraction of sp³-hybridized carbons (Fsp3) is 0.400. The lowest BCUT2D eigenvalue weighted by molar-refractivity contribution is -0.120. The highest BCUT2D eigenvalue weighted by Crippen LogP contribution is 2.24. The highest BCUT2D eigenvalue weighted by atomic mass is 35.5. The van der Waals surface area contributed by atoms with Gasteiger partial charge in [-0.2, -0.15) is 0 Å². The zero-order chi connectivity index (χ0) is 13.2. The van der Waals surface area contributed by atoms with Gasteiger partial charge in [-0.05, 0) is 44.5 Å². The zero-order valence-corrected chi connectivity index (χ0v) is 12.3. The molecule has 0 radical (unpaired) electrons. The molecule has 1 aromatic heterocycles. The van der Waals surface area contributed by atoms with Crippen LogP contribution in [0.3, 0.4) is 0 Å². The van der Waals surface area contributed by atoms with E-state index in [1.165, 1.54) is 0 Å². The van der Waals surface area contributed by atoms with Crippen molar-refractivity contribution in [3.63, 3.8) is 0 Å². The molecule has 1 saturated heterocycles. The van der Waals surface area contributed by atoms with Crippen LogP contribution in [0.25, 0.3) is 10.9 Å². The summed E-state index contributed by atoms with van der Waals surface area (Å²) in [4.78, 5) is 15.5. The molecule has 0 bridgehead atoms. The number of benzene rings is 1. The fourth-order valence-corrected chi connectivity index (χ4v) is 2.80. The molecular formula is C15H20ClN3O. The lowest BCUT2D eigenvalue weighted by Gasteiger charge is -2.27. The van der Waals surface area contributed by atoms with Crippen LogP contribution < -0.4 is 10.6 Å². The van der Waals surface area contributed by atoms with E-state index < -0.39 is 0 Å². The SMILES string of the molecule is C[C@H]1C[C@@H](C(=O)Nc2cccc3[nH]ccc23)CCN1.Cl. The summed E-state index contributed by atoms with van der Waals surface area (Å²) in [7, 11) is 0. The summed E-state index contributed by atoms with van der Waals surface area (Å²) in [5.41, 5.74) is 1.95. The number of hydrogen-bond acceptors (Lipinski definition) is 2. The van der Waals surface area contributed by atoms with Crippen LogP contribution in [-0.2, 0) is 4.79 Å². The molecule has 1 aliphatic rings. The summed E-state index contributed by atoms with van der Waals surface area (Å²) in [6, 6.07) is 8.35. The highest BCUT2D eigenvalue weighted by Gasteiger charge is 2.24. The molecule has 1 fully saturated rings. The number of aromatic nitrogens is 1. The summed E-state index contributed by atoms with van der Waals surface area (Å²) in [6.45, 7) is 3.06. The van der Waals surface area contributed by atoms with Gasteiger partial charge in [0.05, 0.1) is 5.69 Å². The maximum Gasteiger partial charge on any atom is 0.227 e. The van der Waals surface area contributed by atoms with Gasteiger partial charge in [-0.1, -0.05) is 6.07 Å². The number of nitrogens with one attached hydrogen (secondary N) is 3. The second kappa shape index (κ2) is 6.29. The maximum atomic E-state index is 12.3. The number of anilines is 1. The predicted octanol–water partition coefficient (Wildman–Crippen LogP) is 2.92. The summed E-state index contributed by atoms with van der Waals surface area (Å²) in [6.07, 6.45) is 3.72. The normalized spacial score (nSPS) is 22.2.